The van der Waals surface area contributed by atoms with Gasteiger partial charge in [-0.2, -0.15) is 0 Å². The molecule has 0 radical (unpaired) electrons. The number of pyridine rings is 1. The molecule has 1 aromatic carbocycles. The molecule has 132 valence electrons. The van der Waals surface area contributed by atoms with Gasteiger partial charge in [-0.15, -0.1) is 0 Å². The van der Waals surface area contributed by atoms with Crippen LogP contribution in [-0.4, -0.2) is 30.6 Å². The summed E-state index contributed by atoms with van der Waals surface area (Å²) in [6, 6.07) is 10.5. The van der Waals surface area contributed by atoms with Gasteiger partial charge >= 0.3 is 0 Å². The Labute approximate surface area is 147 Å². The number of nitrogens with one attached hydrogen (secondary N) is 1. The molecule has 1 N–H and O–H groups in total. The average Bonchev–Trinajstić information content (AvgIpc) is 2.66. The van der Waals surface area contributed by atoms with Crippen molar-refractivity contribution in [1.29, 1.82) is 0 Å². The molecule has 0 aliphatic carbocycles. The summed E-state index contributed by atoms with van der Waals surface area (Å²) in [6.07, 6.45) is 6.13. The Bertz CT molecular complexity index is 700. The summed E-state index contributed by atoms with van der Waals surface area (Å²) in [5, 5.41) is 3.04. The van der Waals surface area contributed by atoms with Crippen molar-refractivity contribution in [2.75, 3.05) is 19.8 Å². The number of amides is 1. The lowest BCUT2D eigenvalue weighted by molar-refractivity contribution is -0.121. The summed E-state index contributed by atoms with van der Waals surface area (Å²) in [6.45, 7) is 1.76. The second-order valence-electron chi connectivity index (χ2n) is 6.54. The minimum Gasteiger partial charge on any atom is -0.381 e. The van der Waals surface area contributed by atoms with Gasteiger partial charge in [-0.05, 0) is 48.6 Å². The summed E-state index contributed by atoms with van der Waals surface area (Å²) >= 11 is 0. The molecule has 2 heterocycles. The quantitative estimate of drug-likeness (QED) is 0.878. The van der Waals surface area contributed by atoms with E-state index in [-0.39, 0.29) is 17.1 Å². The molecule has 1 aliphatic rings. The number of halogens is 1. The van der Waals surface area contributed by atoms with E-state index in [1.807, 2.05) is 18.2 Å². The molecule has 1 aromatic heterocycles. The molecule has 0 saturated carbocycles. The molecule has 2 aromatic rings. The normalized spacial score (nSPS) is 16.4. The van der Waals surface area contributed by atoms with Crippen LogP contribution >= 0.6 is 0 Å². The predicted octanol–water partition coefficient (Wildman–Crippen LogP) is 3.02. The summed E-state index contributed by atoms with van der Waals surface area (Å²) in [7, 11) is 0. The first-order chi connectivity index (χ1) is 12.2. The maximum absolute atomic E-state index is 13.7. The van der Waals surface area contributed by atoms with E-state index in [1.165, 1.54) is 6.07 Å². The molecule has 3 rings (SSSR count). The number of aryl methyl sites for hydroxylation is 1. The van der Waals surface area contributed by atoms with Crippen LogP contribution in [0.4, 0.5) is 4.39 Å². The number of aromatic nitrogens is 1. The fraction of sp³-hybridized carbons (Fsp3) is 0.400. The molecule has 1 aliphatic heterocycles. The standard InChI is InChI=1S/C20H23FN2O2/c21-18-5-1-4-17(13-18)20(8-11-25-12-9-20)15-23-19(24)7-6-16-3-2-10-22-14-16/h1-5,10,13-14H,6-9,11-12,15H2,(H,23,24). The fourth-order valence-corrected chi connectivity index (χ4v) is 3.31. The second-order valence-corrected chi connectivity index (χ2v) is 6.54. The average molecular weight is 342 g/mol. The van der Waals surface area contributed by atoms with Crippen molar-refractivity contribution in [2.45, 2.75) is 31.1 Å². The van der Waals surface area contributed by atoms with E-state index in [4.69, 9.17) is 4.74 Å². The van der Waals surface area contributed by atoms with E-state index in [1.54, 1.807) is 24.5 Å². The Hall–Kier alpha value is -2.27. The maximum atomic E-state index is 13.7. The molecular weight excluding hydrogens is 319 g/mol. The van der Waals surface area contributed by atoms with Crippen LogP contribution in [0, 0.1) is 5.82 Å². The molecule has 1 fully saturated rings. The Balaban J connectivity index is 1.62. The van der Waals surface area contributed by atoms with Gasteiger partial charge in [-0.1, -0.05) is 18.2 Å². The molecule has 0 spiro atoms. The lowest BCUT2D eigenvalue weighted by atomic mass is 9.74. The third-order valence-corrected chi connectivity index (χ3v) is 4.87. The highest BCUT2D eigenvalue weighted by molar-refractivity contribution is 5.76. The first-order valence-corrected chi connectivity index (χ1v) is 8.67. The van der Waals surface area contributed by atoms with Crippen LogP contribution in [0.3, 0.4) is 0 Å². The summed E-state index contributed by atoms with van der Waals surface area (Å²) in [5.74, 6) is -0.239. The van der Waals surface area contributed by atoms with Gasteiger partial charge in [0.25, 0.3) is 0 Å². The second kappa shape index (κ2) is 8.21. The number of carbonyl (C=O) groups excluding carboxylic acids is 1. The Morgan fingerprint density at radius 2 is 2.08 bits per heavy atom. The van der Waals surface area contributed by atoms with Gasteiger partial charge < -0.3 is 10.1 Å². The Morgan fingerprint density at radius 3 is 2.80 bits per heavy atom. The molecular formula is C20H23FN2O2. The van der Waals surface area contributed by atoms with Gasteiger partial charge in [-0.25, -0.2) is 4.39 Å². The lowest BCUT2D eigenvalue weighted by Gasteiger charge is -2.38. The van der Waals surface area contributed by atoms with E-state index >= 15 is 0 Å². The van der Waals surface area contributed by atoms with Crippen molar-refractivity contribution >= 4 is 5.91 Å². The van der Waals surface area contributed by atoms with Crippen molar-refractivity contribution in [3.63, 3.8) is 0 Å². The molecule has 0 unspecified atom stereocenters. The van der Waals surface area contributed by atoms with Crippen LogP contribution in [-0.2, 0) is 21.4 Å². The zero-order valence-corrected chi connectivity index (χ0v) is 14.2. The Morgan fingerprint density at radius 1 is 1.24 bits per heavy atom. The summed E-state index contributed by atoms with van der Waals surface area (Å²) < 4.78 is 19.2. The number of hydrogen-bond acceptors (Lipinski definition) is 3. The van der Waals surface area contributed by atoms with Gasteiger partial charge in [0.15, 0.2) is 0 Å². The largest absolute Gasteiger partial charge is 0.381 e. The van der Waals surface area contributed by atoms with Crippen LogP contribution < -0.4 is 5.32 Å². The minimum atomic E-state index is -0.260. The fourth-order valence-electron chi connectivity index (χ4n) is 3.31. The van der Waals surface area contributed by atoms with E-state index in [9.17, 15) is 9.18 Å². The number of carbonyl (C=O) groups is 1. The molecule has 0 bridgehead atoms. The number of hydrogen-bond donors (Lipinski definition) is 1. The Kier molecular flexibility index (Phi) is 5.76. The van der Waals surface area contributed by atoms with Crippen LogP contribution in [0.2, 0.25) is 0 Å². The van der Waals surface area contributed by atoms with Crippen LogP contribution in [0.1, 0.15) is 30.4 Å². The minimum absolute atomic E-state index is 0.00567. The zero-order valence-electron chi connectivity index (χ0n) is 14.2. The van der Waals surface area contributed by atoms with Gasteiger partial charge in [0.2, 0.25) is 5.91 Å². The number of benzene rings is 1. The van der Waals surface area contributed by atoms with Gasteiger partial charge in [0.1, 0.15) is 5.82 Å². The lowest BCUT2D eigenvalue weighted by Crippen LogP contribution is -2.44. The van der Waals surface area contributed by atoms with Crippen LogP contribution in [0.15, 0.2) is 48.8 Å². The molecule has 1 amide bonds. The highest BCUT2D eigenvalue weighted by atomic mass is 19.1. The van der Waals surface area contributed by atoms with Crippen molar-refractivity contribution < 1.29 is 13.9 Å². The third-order valence-electron chi connectivity index (χ3n) is 4.87. The maximum Gasteiger partial charge on any atom is 0.220 e. The summed E-state index contributed by atoms with van der Waals surface area (Å²) in [5.41, 5.74) is 1.72. The SMILES string of the molecule is O=C(CCc1cccnc1)NCC1(c2cccc(F)c2)CCOCC1. The number of rotatable bonds is 6. The van der Waals surface area contributed by atoms with E-state index < -0.39 is 0 Å². The van der Waals surface area contributed by atoms with Gasteiger partial charge in [0, 0.05) is 44.0 Å². The molecule has 0 atom stereocenters. The smallest absolute Gasteiger partial charge is 0.220 e. The van der Waals surface area contributed by atoms with Gasteiger partial charge in [-0.3, -0.25) is 9.78 Å². The molecule has 5 heteroatoms. The number of ether oxygens (including phenoxy) is 1. The van der Waals surface area contributed by atoms with Crippen LogP contribution in [0.25, 0.3) is 0 Å². The van der Waals surface area contributed by atoms with Crippen LogP contribution in [0.5, 0.6) is 0 Å². The zero-order chi connectivity index (χ0) is 17.5. The first kappa shape index (κ1) is 17.5. The highest BCUT2D eigenvalue weighted by Gasteiger charge is 2.35. The first-order valence-electron chi connectivity index (χ1n) is 8.67. The molecule has 25 heavy (non-hydrogen) atoms. The molecule has 4 nitrogen and oxygen atoms in total. The van der Waals surface area contributed by atoms with Gasteiger partial charge in [0.05, 0.1) is 0 Å². The van der Waals surface area contributed by atoms with E-state index in [0.29, 0.717) is 32.6 Å². The predicted molar refractivity (Wildman–Crippen MR) is 93.7 cm³/mol. The summed E-state index contributed by atoms with van der Waals surface area (Å²) in [4.78, 5) is 16.3. The van der Waals surface area contributed by atoms with E-state index in [0.717, 1.165) is 24.0 Å². The van der Waals surface area contributed by atoms with Crippen molar-refractivity contribution in [3.8, 4) is 0 Å². The van der Waals surface area contributed by atoms with Crippen molar-refractivity contribution in [2.24, 2.45) is 0 Å². The number of nitrogens with zero attached hydrogens (tertiary/aromatic N) is 1. The van der Waals surface area contributed by atoms with Crippen molar-refractivity contribution in [3.05, 3.63) is 65.7 Å². The van der Waals surface area contributed by atoms with Crippen molar-refractivity contribution in [1.82, 2.24) is 10.3 Å². The topological polar surface area (TPSA) is 51.2 Å². The third kappa shape index (κ3) is 4.63. The van der Waals surface area contributed by atoms with E-state index in [2.05, 4.69) is 10.3 Å². The highest BCUT2D eigenvalue weighted by Crippen LogP contribution is 2.34. The monoisotopic (exact) mass is 342 g/mol. The molecule has 1 saturated heterocycles.